The van der Waals surface area contributed by atoms with Gasteiger partial charge in [0.05, 0.1) is 0 Å². The summed E-state index contributed by atoms with van der Waals surface area (Å²) in [6.07, 6.45) is 57.7. The molecule has 62 heavy (non-hydrogen) atoms. The van der Waals surface area contributed by atoms with Gasteiger partial charge in [0.15, 0.2) is 6.10 Å². The van der Waals surface area contributed by atoms with Crippen molar-refractivity contribution < 1.29 is 28.6 Å². The standard InChI is InChI=1S/C56H106O6/c1-4-7-10-13-16-19-22-24-26-27-28-29-30-32-34-37-40-43-46-49-55(58)61-52-53(51-60-54(57)48-45-42-39-36-33-21-18-15-12-9-6-3)62-56(59)50-47-44-41-38-35-31-25-23-20-17-14-11-8-5-2/h27-28,53H,4-26,29-52H2,1-3H3/b28-27-/t53-/m1/s1. The van der Waals surface area contributed by atoms with E-state index in [1.165, 1.54) is 212 Å². The molecule has 0 saturated carbocycles. The molecule has 0 rings (SSSR count). The normalized spacial score (nSPS) is 12.0. The lowest BCUT2D eigenvalue weighted by molar-refractivity contribution is -0.167. The van der Waals surface area contributed by atoms with Gasteiger partial charge in [-0.2, -0.15) is 0 Å². The van der Waals surface area contributed by atoms with Gasteiger partial charge >= 0.3 is 17.9 Å². The van der Waals surface area contributed by atoms with E-state index >= 15 is 0 Å². The summed E-state index contributed by atoms with van der Waals surface area (Å²) in [4.78, 5) is 38.0. The third-order valence-corrected chi connectivity index (χ3v) is 12.5. The highest BCUT2D eigenvalue weighted by Gasteiger charge is 2.19. The number of hydrogen-bond acceptors (Lipinski definition) is 6. The van der Waals surface area contributed by atoms with E-state index in [0.717, 1.165) is 57.8 Å². The third-order valence-electron chi connectivity index (χ3n) is 12.5. The molecule has 0 spiro atoms. The Labute approximate surface area is 386 Å². The first kappa shape index (κ1) is 60.2. The molecule has 0 fully saturated rings. The molecule has 0 saturated heterocycles. The van der Waals surface area contributed by atoms with E-state index in [0.29, 0.717) is 19.3 Å². The van der Waals surface area contributed by atoms with Gasteiger partial charge in [-0.15, -0.1) is 0 Å². The Kier molecular flexibility index (Phi) is 50.2. The van der Waals surface area contributed by atoms with Crippen LogP contribution in [-0.2, 0) is 28.6 Å². The summed E-state index contributed by atoms with van der Waals surface area (Å²) < 4.78 is 16.8. The Morgan fingerprint density at radius 1 is 0.306 bits per heavy atom. The van der Waals surface area contributed by atoms with E-state index in [1.54, 1.807) is 0 Å². The zero-order valence-electron chi connectivity index (χ0n) is 41.9. The van der Waals surface area contributed by atoms with Gasteiger partial charge in [-0.1, -0.05) is 258 Å². The molecule has 0 heterocycles. The van der Waals surface area contributed by atoms with Crippen molar-refractivity contribution in [3.8, 4) is 0 Å². The van der Waals surface area contributed by atoms with Crippen molar-refractivity contribution in [2.45, 2.75) is 316 Å². The summed E-state index contributed by atoms with van der Waals surface area (Å²) in [5, 5.41) is 0. The van der Waals surface area contributed by atoms with Crippen LogP contribution in [0.2, 0.25) is 0 Å². The van der Waals surface area contributed by atoms with Crippen molar-refractivity contribution in [2.75, 3.05) is 13.2 Å². The van der Waals surface area contributed by atoms with E-state index in [4.69, 9.17) is 14.2 Å². The van der Waals surface area contributed by atoms with Crippen LogP contribution in [-0.4, -0.2) is 37.2 Å². The fourth-order valence-electron chi connectivity index (χ4n) is 8.32. The zero-order valence-corrected chi connectivity index (χ0v) is 41.9. The minimum absolute atomic E-state index is 0.0658. The monoisotopic (exact) mass is 875 g/mol. The Morgan fingerprint density at radius 3 is 0.806 bits per heavy atom. The molecule has 6 nitrogen and oxygen atoms in total. The van der Waals surface area contributed by atoms with Gasteiger partial charge in [-0.25, -0.2) is 0 Å². The number of ether oxygens (including phenoxy) is 3. The second-order valence-electron chi connectivity index (χ2n) is 18.9. The molecule has 6 heteroatoms. The Bertz CT molecular complexity index is 962. The quantitative estimate of drug-likeness (QED) is 0.0262. The summed E-state index contributed by atoms with van der Waals surface area (Å²) in [7, 11) is 0. The maximum Gasteiger partial charge on any atom is 0.306 e. The number of carbonyl (C=O) groups excluding carboxylic acids is 3. The number of hydrogen-bond donors (Lipinski definition) is 0. The molecule has 0 aliphatic carbocycles. The van der Waals surface area contributed by atoms with Gasteiger partial charge in [0.2, 0.25) is 0 Å². The molecule has 0 unspecified atom stereocenters. The summed E-state index contributed by atoms with van der Waals surface area (Å²) in [6.45, 7) is 6.67. The molecule has 0 amide bonds. The molecule has 1 atom stereocenters. The van der Waals surface area contributed by atoms with Gasteiger partial charge in [0.1, 0.15) is 13.2 Å². The Balaban J connectivity index is 4.28. The second-order valence-corrected chi connectivity index (χ2v) is 18.9. The van der Waals surface area contributed by atoms with Gasteiger partial charge < -0.3 is 14.2 Å². The van der Waals surface area contributed by atoms with Crippen LogP contribution < -0.4 is 0 Å². The average molecular weight is 875 g/mol. The number of carbonyl (C=O) groups is 3. The van der Waals surface area contributed by atoms with Gasteiger partial charge in [-0.05, 0) is 44.9 Å². The predicted octanol–water partition coefficient (Wildman–Crippen LogP) is 18.2. The highest BCUT2D eigenvalue weighted by Crippen LogP contribution is 2.16. The Hall–Kier alpha value is -1.85. The van der Waals surface area contributed by atoms with E-state index in [-0.39, 0.29) is 31.1 Å². The first-order valence-electron chi connectivity index (χ1n) is 27.7. The molecule has 0 aromatic carbocycles. The summed E-state index contributed by atoms with van der Waals surface area (Å²) in [5.41, 5.74) is 0. The van der Waals surface area contributed by atoms with Crippen LogP contribution in [0.5, 0.6) is 0 Å². The van der Waals surface area contributed by atoms with Crippen LogP contribution in [0.25, 0.3) is 0 Å². The number of allylic oxidation sites excluding steroid dienone is 2. The first-order valence-corrected chi connectivity index (χ1v) is 27.7. The Morgan fingerprint density at radius 2 is 0.532 bits per heavy atom. The van der Waals surface area contributed by atoms with Crippen molar-refractivity contribution in [3.63, 3.8) is 0 Å². The number of unbranched alkanes of at least 4 members (excludes halogenated alkanes) is 38. The number of esters is 3. The SMILES string of the molecule is CCCCCCCCCC/C=C\CCCCCCCCCC(=O)OC[C@@H](COC(=O)CCCCCCCCCCCCC)OC(=O)CCCCCCCCCCCCCCCC. The topological polar surface area (TPSA) is 78.9 Å². The molecule has 0 aliphatic heterocycles. The van der Waals surface area contributed by atoms with Crippen molar-refractivity contribution in [3.05, 3.63) is 12.2 Å². The minimum atomic E-state index is -0.765. The number of rotatable bonds is 51. The highest BCUT2D eigenvalue weighted by atomic mass is 16.6. The molecule has 0 radical (unpaired) electrons. The molecule has 366 valence electrons. The van der Waals surface area contributed by atoms with Gasteiger partial charge in [-0.3, -0.25) is 14.4 Å². The zero-order chi connectivity index (χ0) is 45.1. The van der Waals surface area contributed by atoms with Crippen LogP contribution >= 0.6 is 0 Å². The van der Waals surface area contributed by atoms with Crippen molar-refractivity contribution in [2.24, 2.45) is 0 Å². The molecule has 0 aliphatic rings. The van der Waals surface area contributed by atoms with Crippen LogP contribution in [0.15, 0.2) is 12.2 Å². The van der Waals surface area contributed by atoms with E-state index in [1.807, 2.05) is 0 Å². The van der Waals surface area contributed by atoms with E-state index in [2.05, 4.69) is 32.9 Å². The molecular formula is C56H106O6. The lowest BCUT2D eigenvalue weighted by atomic mass is 10.0. The summed E-state index contributed by atoms with van der Waals surface area (Å²) in [6, 6.07) is 0. The fourth-order valence-corrected chi connectivity index (χ4v) is 8.32. The van der Waals surface area contributed by atoms with E-state index < -0.39 is 6.10 Å². The first-order chi connectivity index (χ1) is 30.5. The molecular weight excluding hydrogens is 769 g/mol. The minimum Gasteiger partial charge on any atom is -0.462 e. The predicted molar refractivity (Wildman–Crippen MR) is 266 cm³/mol. The second kappa shape index (κ2) is 51.8. The van der Waals surface area contributed by atoms with Crippen LogP contribution in [0.1, 0.15) is 310 Å². The maximum atomic E-state index is 12.8. The fraction of sp³-hybridized carbons (Fsp3) is 0.911. The highest BCUT2D eigenvalue weighted by molar-refractivity contribution is 5.71. The third kappa shape index (κ3) is 49.2. The molecule has 0 N–H and O–H groups in total. The van der Waals surface area contributed by atoms with Crippen molar-refractivity contribution in [1.82, 2.24) is 0 Å². The van der Waals surface area contributed by atoms with Crippen LogP contribution in [0.4, 0.5) is 0 Å². The van der Waals surface area contributed by atoms with Crippen LogP contribution in [0, 0.1) is 0 Å². The molecule has 0 bridgehead atoms. The lowest BCUT2D eigenvalue weighted by Crippen LogP contribution is -2.30. The summed E-state index contributed by atoms with van der Waals surface area (Å²) in [5.74, 6) is -0.851. The summed E-state index contributed by atoms with van der Waals surface area (Å²) >= 11 is 0. The largest absolute Gasteiger partial charge is 0.462 e. The van der Waals surface area contributed by atoms with Gasteiger partial charge in [0.25, 0.3) is 0 Å². The molecule has 0 aromatic heterocycles. The van der Waals surface area contributed by atoms with Crippen LogP contribution in [0.3, 0.4) is 0 Å². The lowest BCUT2D eigenvalue weighted by Gasteiger charge is -2.18. The van der Waals surface area contributed by atoms with E-state index in [9.17, 15) is 14.4 Å². The maximum absolute atomic E-state index is 12.8. The van der Waals surface area contributed by atoms with Crippen molar-refractivity contribution >= 4 is 17.9 Å². The van der Waals surface area contributed by atoms with Crippen molar-refractivity contribution in [1.29, 1.82) is 0 Å². The average Bonchev–Trinajstić information content (AvgIpc) is 3.27. The van der Waals surface area contributed by atoms with Gasteiger partial charge in [0, 0.05) is 19.3 Å². The smallest absolute Gasteiger partial charge is 0.306 e. The molecule has 0 aromatic rings.